The summed E-state index contributed by atoms with van der Waals surface area (Å²) in [7, 11) is 0. The number of ether oxygens (including phenoxy) is 1. The topological polar surface area (TPSA) is 12.5 Å². The zero-order chi connectivity index (χ0) is 6.74. The lowest BCUT2D eigenvalue weighted by molar-refractivity contribution is 0.305. The number of allylic oxidation sites excluding steroid dienone is 1. The minimum Gasteiger partial charge on any atom is -0.370 e. The van der Waals surface area contributed by atoms with Crippen LogP contribution >= 0.6 is 0 Å². The van der Waals surface area contributed by atoms with Gasteiger partial charge in [-0.25, -0.2) is 0 Å². The van der Waals surface area contributed by atoms with Gasteiger partial charge in [-0.15, -0.1) is 6.58 Å². The Bertz CT molecular complexity index is 103. The Hall–Kier alpha value is -0.300. The minimum atomic E-state index is 0.253. The van der Waals surface area contributed by atoms with Gasteiger partial charge in [-0.05, 0) is 26.2 Å². The van der Waals surface area contributed by atoms with Crippen LogP contribution in [0.25, 0.3) is 0 Å². The summed E-state index contributed by atoms with van der Waals surface area (Å²) in [5.74, 6) is 0. The van der Waals surface area contributed by atoms with Crippen LogP contribution in [0.4, 0.5) is 0 Å². The maximum Gasteiger partial charge on any atom is 0.0888 e. The van der Waals surface area contributed by atoms with Gasteiger partial charge in [0.1, 0.15) is 0 Å². The summed E-state index contributed by atoms with van der Waals surface area (Å²) in [6, 6.07) is 0. The van der Waals surface area contributed by atoms with Crippen molar-refractivity contribution in [3.05, 3.63) is 12.7 Å². The third-order valence-electron chi connectivity index (χ3n) is 1.75. The molecule has 1 aliphatic heterocycles. The molecule has 0 N–H and O–H groups in total. The number of hydrogen-bond donors (Lipinski definition) is 0. The van der Waals surface area contributed by atoms with E-state index in [4.69, 9.17) is 4.74 Å². The lowest BCUT2D eigenvalue weighted by atomic mass is 10.1. The summed E-state index contributed by atoms with van der Waals surface area (Å²) in [5.41, 5.74) is 0.253. The number of rotatable bonds is 4. The van der Waals surface area contributed by atoms with Crippen molar-refractivity contribution in [2.75, 3.05) is 6.61 Å². The highest BCUT2D eigenvalue weighted by Crippen LogP contribution is 2.31. The second-order valence-corrected chi connectivity index (χ2v) is 2.92. The molecule has 1 saturated heterocycles. The standard InChI is InChI=1S/C8H14O/c1-3-4-5-6-8(2)7-9-8/h3H,1,4-7H2,2H3. The summed E-state index contributed by atoms with van der Waals surface area (Å²) in [6.07, 6.45) is 5.50. The first kappa shape index (κ1) is 6.81. The Labute approximate surface area is 56.7 Å². The fourth-order valence-corrected chi connectivity index (χ4v) is 0.888. The molecule has 52 valence electrons. The molecule has 1 nitrogen and oxygen atoms in total. The van der Waals surface area contributed by atoms with Gasteiger partial charge < -0.3 is 4.74 Å². The predicted octanol–water partition coefficient (Wildman–Crippen LogP) is 2.13. The average Bonchev–Trinajstić information content (AvgIpc) is 2.50. The van der Waals surface area contributed by atoms with Crippen LogP contribution in [0.5, 0.6) is 0 Å². The maximum atomic E-state index is 5.21. The normalized spacial score (nSPS) is 32.1. The number of epoxide rings is 1. The van der Waals surface area contributed by atoms with Crippen LogP contribution < -0.4 is 0 Å². The van der Waals surface area contributed by atoms with Crippen molar-refractivity contribution >= 4 is 0 Å². The van der Waals surface area contributed by atoms with Crippen molar-refractivity contribution in [2.24, 2.45) is 0 Å². The molecular weight excluding hydrogens is 112 g/mol. The van der Waals surface area contributed by atoms with E-state index in [9.17, 15) is 0 Å². The summed E-state index contributed by atoms with van der Waals surface area (Å²) in [6.45, 7) is 6.79. The van der Waals surface area contributed by atoms with Gasteiger partial charge in [0.15, 0.2) is 0 Å². The van der Waals surface area contributed by atoms with E-state index in [1.807, 2.05) is 6.08 Å². The van der Waals surface area contributed by atoms with Crippen LogP contribution in [0.15, 0.2) is 12.7 Å². The lowest BCUT2D eigenvalue weighted by Gasteiger charge is -2.00. The average molecular weight is 126 g/mol. The largest absolute Gasteiger partial charge is 0.370 e. The van der Waals surface area contributed by atoms with Gasteiger partial charge in [0.2, 0.25) is 0 Å². The Kier molecular flexibility index (Phi) is 1.91. The number of unbranched alkanes of at least 4 members (excludes halogenated alkanes) is 1. The molecule has 1 atom stereocenters. The van der Waals surface area contributed by atoms with Crippen LogP contribution in [0.3, 0.4) is 0 Å². The highest BCUT2D eigenvalue weighted by Gasteiger charge is 2.37. The van der Waals surface area contributed by atoms with Crippen molar-refractivity contribution in [3.8, 4) is 0 Å². The molecule has 0 aromatic heterocycles. The third-order valence-corrected chi connectivity index (χ3v) is 1.75. The van der Waals surface area contributed by atoms with Crippen LogP contribution in [0.1, 0.15) is 26.2 Å². The molecule has 1 heterocycles. The first-order chi connectivity index (χ1) is 4.27. The van der Waals surface area contributed by atoms with Crippen LogP contribution in [-0.4, -0.2) is 12.2 Å². The van der Waals surface area contributed by atoms with E-state index in [1.165, 1.54) is 12.8 Å². The molecule has 1 heteroatoms. The summed E-state index contributed by atoms with van der Waals surface area (Å²) in [4.78, 5) is 0. The highest BCUT2D eigenvalue weighted by atomic mass is 16.6. The van der Waals surface area contributed by atoms with Gasteiger partial charge in [0, 0.05) is 0 Å². The number of hydrogen-bond acceptors (Lipinski definition) is 1. The smallest absolute Gasteiger partial charge is 0.0888 e. The van der Waals surface area contributed by atoms with E-state index in [1.54, 1.807) is 0 Å². The van der Waals surface area contributed by atoms with Crippen molar-refractivity contribution in [1.82, 2.24) is 0 Å². The minimum absolute atomic E-state index is 0.253. The maximum absolute atomic E-state index is 5.21. The summed E-state index contributed by atoms with van der Waals surface area (Å²) < 4.78 is 5.21. The molecular formula is C8H14O. The quantitative estimate of drug-likeness (QED) is 0.319. The van der Waals surface area contributed by atoms with Crippen LogP contribution in [-0.2, 0) is 4.74 Å². The Morgan fingerprint density at radius 3 is 2.89 bits per heavy atom. The Balaban J connectivity index is 1.98. The SMILES string of the molecule is C=CCCCC1(C)CO1. The molecule has 1 rings (SSSR count). The van der Waals surface area contributed by atoms with Crippen LogP contribution in [0, 0.1) is 0 Å². The van der Waals surface area contributed by atoms with E-state index in [0.29, 0.717) is 0 Å². The molecule has 9 heavy (non-hydrogen) atoms. The zero-order valence-electron chi connectivity index (χ0n) is 6.02. The molecule has 0 aromatic rings. The molecule has 0 aliphatic carbocycles. The molecule has 0 saturated carbocycles. The van der Waals surface area contributed by atoms with E-state index < -0.39 is 0 Å². The molecule has 0 spiro atoms. The van der Waals surface area contributed by atoms with Gasteiger partial charge in [0.25, 0.3) is 0 Å². The van der Waals surface area contributed by atoms with E-state index >= 15 is 0 Å². The molecule has 0 aromatic carbocycles. The molecule has 0 radical (unpaired) electrons. The van der Waals surface area contributed by atoms with Crippen molar-refractivity contribution in [2.45, 2.75) is 31.8 Å². The van der Waals surface area contributed by atoms with Crippen molar-refractivity contribution in [1.29, 1.82) is 0 Å². The van der Waals surface area contributed by atoms with E-state index in [0.717, 1.165) is 13.0 Å². The van der Waals surface area contributed by atoms with E-state index in [-0.39, 0.29) is 5.60 Å². The molecule has 1 fully saturated rings. The lowest BCUT2D eigenvalue weighted by Crippen LogP contribution is -2.02. The molecule has 0 amide bonds. The fourth-order valence-electron chi connectivity index (χ4n) is 0.888. The zero-order valence-corrected chi connectivity index (χ0v) is 6.02. The fraction of sp³-hybridized carbons (Fsp3) is 0.750. The van der Waals surface area contributed by atoms with Crippen molar-refractivity contribution < 1.29 is 4.74 Å². The third kappa shape index (κ3) is 2.19. The van der Waals surface area contributed by atoms with Gasteiger partial charge >= 0.3 is 0 Å². The second kappa shape index (κ2) is 2.53. The predicted molar refractivity (Wildman–Crippen MR) is 38.4 cm³/mol. The highest BCUT2D eigenvalue weighted by molar-refractivity contribution is 4.87. The van der Waals surface area contributed by atoms with E-state index in [2.05, 4.69) is 13.5 Å². The van der Waals surface area contributed by atoms with Gasteiger partial charge in [-0.3, -0.25) is 0 Å². The summed E-state index contributed by atoms with van der Waals surface area (Å²) >= 11 is 0. The van der Waals surface area contributed by atoms with Crippen molar-refractivity contribution in [3.63, 3.8) is 0 Å². The Morgan fingerprint density at radius 1 is 1.78 bits per heavy atom. The molecule has 1 aliphatic rings. The Morgan fingerprint density at radius 2 is 2.44 bits per heavy atom. The first-order valence-electron chi connectivity index (χ1n) is 3.52. The van der Waals surface area contributed by atoms with Gasteiger partial charge in [0.05, 0.1) is 12.2 Å². The molecule has 1 unspecified atom stereocenters. The van der Waals surface area contributed by atoms with Crippen LogP contribution in [0.2, 0.25) is 0 Å². The second-order valence-electron chi connectivity index (χ2n) is 2.92. The van der Waals surface area contributed by atoms with Gasteiger partial charge in [-0.2, -0.15) is 0 Å². The summed E-state index contributed by atoms with van der Waals surface area (Å²) in [5, 5.41) is 0. The first-order valence-corrected chi connectivity index (χ1v) is 3.52. The monoisotopic (exact) mass is 126 g/mol. The molecule has 0 bridgehead atoms. The van der Waals surface area contributed by atoms with Gasteiger partial charge in [-0.1, -0.05) is 6.08 Å².